The van der Waals surface area contributed by atoms with Crippen molar-refractivity contribution in [2.75, 3.05) is 6.54 Å². The number of hydrogen-bond donors (Lipinski definition) is 8. The third-order valence-electron chi connectivity index (χ3n) is 7.27. The number of aliphatic carboxylic acids is 1. The molecule has 11 N–H and O–H groups in total. The van der Waals surface area contributed by atoms with Crippen LogP contribution in [-0.2, 0) is 32.0 Å². The molecule has 4 atom stereocenters. The van der Waals surface area contributed by atoms with Crippen LogP contribution in [0.3, 0.4) is 0 Å². The fourth-order valence-corrected chi connectivity index (χ4v) is 4.98. The van der Waals surface area contributed by atoms with Gasteiger partial charge in [0.1, 0.15) is 18.1 Å². The highest BCUT2D eigenvalue weighted by Gasteiger charge is 2.31. The molecule has 4 unspecified atom stereocenters. The number of aromatic amines is 1. The highest BCUT2D eigenvalue weighted by atomic mass is 16.4. The lowest BCUT2D eigenvalue weighted by Crippen LogP contribution is -2.58. The Morgan fingerprint density at radius 1 is 0.844 bits per heavy atom. The molecule has 3 amide bonds. The third-order valence-corrected chi connectivity index (χ3v) is 7.27. The molecule has 1 aromatic heterocycles. The molecule has 0 bridgehead atoms. The molecule has 45 heavy (non-hydrogen) atoms. The highest BCUT2D eigenvalue weighted by molar-refractivity contribution is 5.95. The molecule has 3 rings (SSSR count). The Labute approximate surface area is 262 Å². The molecule has 13 heteroatoms. The molecule has 2 aromatic carbocycles. The van der Waals surface area contributed by atoms with Crippen LogP contribution in [0.4, 0.5) is 0 Å². The Hall–Kier alpha value is -4.91. The Kier molecular flexibility index (Phi) is 12.9. The molecule has 0 aliphatic rings. The summed E-state index contributed by atoms with van der Waals surface area (Å²) in [6.07, 6.45) is 2.76. The summed E-state index contributed by atoms with van der Waals surface area (Å²) in [5.74, 6) is -3.08. The van der Waals surface area contributed by atoms with Crippen molar-refractivity contribution in [3.8, 4) is 0 Å². The van der Waals surface area contributed by atoms with Crippen LogP contribution in [0.25, 0.3) is 10.9 Å². The summed E-state index contributed by atoms with van der Waals surface area (Å²) in [7, 11) is 0. The number of carboxylic acids is 1. The number of amides is 3. The van der Waals surface area contributed by atoms with Crippen molar-refractivity contribution in [1.82, 2.24) is 20.9 Å². The van der Waals surface area contributed by atoms with Gasteiger partial charge in [-0.25, -0.2) is 4.79 Å². The zero-order chi connectivity index (χ0) is 32.9. The van der Waals surface area contributed by atoms with Gasteiger partial charge in [-0.3, -0.25) is 19.4 Å². The van der Waals surface area contributed by atoms with E-state index in [2.05, 4.69) is 25.9 Å². The van der Waals surface area contributed by atoms with Crippen molar-refractivity contribution in [3.05, 3.63) is 71.9 Å². The summed E-state index contributed by atoms with van der Waals surface area (Å²) in [6, 6.07) is 12.5. The SMILES string of the molecule is CC(C)CC(NC(=O)C(N)Cc1ccccc1)C(=O)NC(Cc1c[nH]c2ccccc12)C(=O)NC(CCCN=C(N)N)C(=O)O. The molecule has 13 nitrogen and oxygen atoms in total. The summed E-state index contributed by atoms with van der Waals surface area (Å²) in [4.78, 5) is 59.4. The van der Waals surface area contributed by atoms with E-state index in [-0.39, 0.29) is 37.7 Å². The number of nitrogens with one attached hydrogen (secondary N) is 4. The minimum atomic E-state index is -1.24. The topological polar surface area (TPSA) is 231 Å². The van der Waals surface area contributed by atoms with Crippen molar-refractivity contribution < 1.29 is 24.3 Å². The molecule has 3 aromatic rings. The zero-order valence-electron chi connectivity index (χ0n) is 25.7. The van der Waals surface area contributed by atoms with Crippen LogP contribution in [0.2, 0.25) is 0 Å². The highest BCUT2D eigenvalue weighted by Crippen LogP contribution is 2.20. The Balaban J connectivity index is 1.80. The molecular weight excluding hydrogens is 576 g/mol. The smallest absolute Gasteiger partial charge is 0.326 e. The lowest BCUT2D eigenvalue weighted by molar-refractivity contribution is -0.142. The zero-order valence-corrected chi connectivity index (χ0v) is 25.7. The van der Waals surface area contributed by atoms with Gasteiger partial charge in [-0.2, -0.15) is 0 Å². The summed E-state index contributed by atoms with van der Waals surface area (Å²) in [5.41, 5.74) is 19.3. The second-order valence-corrected chi connectivity index (χ2v) is 11.5. The standard InChI is InChI=1S/C32H44N8O5/c1-19(2)15-26(39-28(41)23(33)16-20-9-4-3-5-10-20)29(42)40-27(17-21-18-37-24-12-7-6-11-22(21)24)30(43)38-25(31(44)45)13-8-14-36-32(34)35/h3-7,9-12,18-19,23,25-27,37H,8,13-17,33H2,1-2H3,(H,38,43)(H,39,41)(H,40,42)(H,44,45)(H4,34,35,36). The lowest BCUT2D eigenvalue weighted by atomic mass is 9.99. The summed E-state index contributed by atoms with van der Waals surface area (Å²) in [6.45, 7) is 4.01. The minimum absolute atomic E-state index is 0.0221. The number of aromatic nitrogens is 1. The van der Waals surface area contributed by atoms with Gasteiger partial charge in [0, 0.05) is 30.1 Å². The van der Waals surface area contributed by atoms with Crippen molar-refractivity contribution in [2.45, 2.75) is 70.1 Å². The van der Waals surface area contributed by atoms with E-state index in [1.165, 1.54) is 0 Å². The van der Waals surface area contributed by atoms with Crippen LogP contribution < -0.4 is 33.2 Å². The van der Waals surface area contributed by atoms with Crippen molar-refractivity contribution in [1.29, 1.82) is 0 Å². The average molecular weight is 621 g/mol. The van der Waals surface area contributed by atoms with E-state index in [9.17, 15) is 24.3 Å². The summed E-state index contributed by atoms with van der Waals surface area (Å²) < 4.78 is 0. The van der Waals surface area contributed by atoms with Crippen molar-refractivity contribution >= 4 is 40.6 Å². The third kappa shape index (κ3) is 10.9. The number of carbonyl (C=O) groups is 4. The maximum atomic E-state index is 13.7. The molecule has 242 valence electrons. The van der Waals surface area contributed by atoms with E-state index >= 15 is 0 Å². The molecule has 0 radical (unpaired) electrons. The molecule has 0 spiro atoms. The van der Waals surface area contributed by atoms with Crippen LogP contribution in [0.5, 0.6) is 0 Å². The number of carbonyl (C=O) groups excluding carboxylic acids is 3. The second kappa shape index (κ2) is 16.8. The quantitative estimate of drug-likeness (QED) is 0.0613. The molecule has 0 aliphatic carbocycles. The maximum Gasteiger partial charge on any atom is 0.326 e. The first-order valence-corrected chi connectivity index (χ1v) is 15.0. The van der Waals surface area contributed by atoms with E-state index in [0.29, 0.717) is 12.8 Å². The Morgan fingerprint density at radius 2 is 1.47 bits per heavy atom. The number of fused-ring (bicyclic) bond motifs is 1. The van der Waals surface area contributed by atoms with E-state index in [1.54, 1.807) is 6.20 Å². The van der Waals surface area contributed by atoms with Crippen LogP contribution >= 0.6 is 0 Å². The predicted molar refractivity (Wildman–Crippen MR) is 173 cm³/mol. The normalized spacial score (nSPS) is 13.8. The van der Waals surface area contributed by atoms with Gasteiger partial charge in [0.25, 0.3) is 0 Å². The number of nitrogens with two attached hydrogens (primary N) is 3. The number of benzene rings is 2. The van der Waals surface area contributed by atoms with Crippen molar-refractivity contribution in [3.63, 3.8) is 0 Å². The fourth-order valence-electron chi connectivity index (χ4n) is 4.98. The van der Waals surface area contributed by atoms with Crippen molar-refractivity contribution in [2.24, 2.45) is 28.1 Å². The van der Waals surface area contributed by atoms with Crippen LogP contribution in [0, 0.1) is 5.92 Å². The number of guanidine groups is 1. The summed E-state index contributed by atoms with van der Waals surface area (Å²) >= 11 is 0. The van der Waals surface area contributed by atoms with Gasteiger partial charge in [0.15, 0.2) is 5.96 Å². The molecule has 0 saturated carbocycles. The molecular formula is C32H44N8O5. The summed E-state index contributed by atoms with van der Waals surface area (Å²) in [5, 5.41) is 18.7. The van der Waals surface area contributed by atoms with Gasteiger partial charge in [-0.15, -0.1) is 0 Å². The maximum absolute atomic E-state index is 13.7. The van der Waals surface area contributed by atoms with Crippen LogP contribution in [-0.4, -0.2) is 70.5 Å². The van der Waals surface area contributed by atoms with E-state index in [0.717, 1.165) is 22.0 Å². The minimum Gasteiger partial charge on any atom is -0.480 e. The largest absolute Gasteiger partial charge is 0.480 e. The second-order valence-electron chi connectivity index (χ2n) is 11.5. The number of aliphatic imine (C=N–C) groups is 1. The fraction of sp³-hybridized carbons (Fsp3) is 0.406. The first-order valence-electron chi connectivity index (χ1n) is 15.0. The first-order chi connectivity index (χ1) is 21.4. The molecule has 0 saturated heterocycles. The van der Waals surface area contributed by atoms with Gasteiger partial charge >= 0.3 is 5.97 Å². The van der Waals surface area contributed by atoms with E-state index in [4.69, 9.17) is 17.2 Å². The average Bonchev–Trinajstić information content (AvgIpc) is 3.40. The number of nitrogens with zero attached hydrogens (tertiary/aromatic N) is 1. The number of H-pyrrole nitrogens is 1. The van der Waals surface area contributed by atoms with Gasteiger partial charge in [-0.1, -0.05) is 62.4 Å². The number of rotatable bonds is 17. The molecule has 1 heterocycles. The Morgan fingerprint density at radius 3 is 2.13 bits per heavy atom. The first kappa shape index (κ1) is 34.6. The number of para-hydroxylation sites is 1. The lowest BCUT2D eigenvalue weighted by Gasteiger charge is -2.26. The molecule has 0 fully saturated rings. The van der Waals surface area contributed by atoms with Gasteiger partial charge in [0.05, 0.1) is 6.04 Å². The van der Waals surface area contributed by atoms with E-state index < -0.39 is 47.9 Å². The monoisotopic (exact) mass is 620 g/mol. The number of hydrogen-bond acceptors (Lipinski definition) is 6. The predicted octanol–water partition coefficient (Wildman–Crippen LogP) is 0.919. The number of carboxylic acid groups (broad SMARTS) is 1. The van der Waals surface area contributed by atoms with E-state index in [1.807, 2.05) is 68.4 Å². The van der Waals surface area contributed by atoms with Gasteiger partial charge in [0.2, 0.25) is 17.7 Å². The Bertz CT molecular complexity index is 1470. The van der Waals surface area contributed by atoms with Crippen LogP contribution in [0.1, 0.15) is 44.2 Å². The van der Waals surface area contributed by atoms with Gasteiger partial charge in [-0.05, 0) is 48.8 Å². The van der Waals surface area contributed by atoms with Crippen LogP contribution in [0.15, 0.2) is 65.8 Å². The van der Waals surface area contributed by atoms with Gasteiger partial charge < -0.3 is 43.2 Å². The molecule has 0 aliphatic heterocycles.